The van der Waals surface area contributed by atoms with Crippen molar-refractivity contribution in [2.45, 2.75) is 148 Å². The van der Waals surface area contributed by atoms with Crippen molar-refractivity contribution in [1.82, 2.24) is 37.2 Å². The van der Waals surface area contributed by atoms with Gasteiger partial charge in [0.1, 0.15) is 48.0 Å². The van der Waals surface area contributed by atoms with Crippen molar-refractivity contribution in [3.05, 3.63) is 29.8 Å². The molecule has 0 bridgehead atoms. The first kappa shape index (κ1) is 56.7. The van der Waals surface area contributed by atoms with Crippen molar-refractivity contribution >= 4 is 59.1 Å². The Kier molecular flexibility index (Phi) is 23.6. The first-order valence-electron chi connectivity index (χ1n) is 21.3. The van der Waals surface area contributed by atoms with E-state index in [1.165, 1.54) is 38.1 Å². The van der Waals surface area contributed by atoms with E-state index in [4.69, 9.17) is 17.2 Å². The molecule has 10 atom stereocenters. The van der Waals surface area contributed by atoms with E-state index in [9.17, 15) is 63.3 Å². The van der Waals surface area contributed by atoms with Gasteiger partial charge in [-0.2, -0.15) is 0 Å². The molecule has 23 heteroatoms. The molecule has 0 heterocycles. The third-order valence-corrected chi connectivity index (χ3v) is 10.3. The fourth-order valence-electron chi connectivity index (χ4n) is 6.24. The minimum atomic E-state index is -1.83. The number of hydrogen-bond donors (Lipinski definition) is 13. The predicted molar refractivity (Wildman–Crippen MR) is 234 cm³/mol. The fraction of sp³-hybridized carbons (Fsp3) is 0.619. The summed E-state index contributed by atoms with van der Waals surface area (Å²) in [5.74, 6) is -10.9. The van der Waals surface area contributed by atoms with Crippen LogP contribution in [0.4, 0.5) is 0 Å². The van der Waals surface area contributed by atoms with Crippen LogP contribution >= 0.6 is 0 Å². The third-order valence-electron chi connectivity index (χ3n) is 10.3. The van der Waals surface area contributed by atoms with Crippen LogP contribution in [0.5, 0.6) is 5.75 Å². The number of nitrogens with one attached hydrogen (secondary N) is 7. The van der Waals surface area contributed by atoms with Crippen LogP contribution in [0.25, 0.3) is 0 Å². The summed E-state index contributed by atoms with van der Waals surface area (Å²) in [4.78, 5) is 129. The quantitative estimate of drug-likeness (QED) is 0.0399. The van der Waals surface area contributed by atoms with Gasteiger partial charge in [0.15, 0.2) is 0 Å². The molecule has 0 saturated carbocycles. The lowest BCUT2D eigenvalue weighted by Crippen LogP contribution is -2.62. The SMILES string of the molecule is CC[C@H](C)[C@H](NC(=O)[C@H](C)NC(=O)[C@@H](NC(=O)[C@H](CC(C)C)NC(=O)[C@@H](CC(=O)O)NC(=O)[C@@H](NC(=O)[C@@H](N)Cc1ccc(O)cc1)[C@@H](C)O)C(C)C)C(=O)N[C@@H](CCC(N)=O)C(N)=O. The second-order valence-electron chi connectivity index (χ2n) is 16.9. The van der Waals surface area contributed by atoms with Crippen molar-refractivity contribution < 1.29 is 63.3 Å². The van der Waals surface area contributed by atoms with Gasteiger partial charge in [-0.3, -0.25) is 47.9 Å². The summed E-state index contributed by atoms with van der Waals surface area (Å²) >= 11 is 0. The standard InChI is InChI=1S/C42H68N10O13/c1-9-21(6)33(41(64)47-27(35(45)58)14-15-30(44)55)51-36(59)22(7)46-40(63)32(20(4)5)50-39(62)28(16-19(2)3)48-38(61)29(18-31(56)57)49-42(65)34(23(8)53)52-37(60)26(43)17-24-10-12-25(54)13-11-24/h10-13,19-23,26-29,32-34,53-54H,9,14-18,43H2,1-8H3,(H2,44,55)(H2,45,58)(H,46,63)(H,47,64)(H,48,61)(H,49,65)(H,50,62)(H,51,59)(H,52,60)(H,56,57)/t21-,22-,23+,26-,27-,28-,29+,32-,33-,34-/m0/s1. The van der Waals surface area contributed by atoms with Crippen LogP contribution in [0.1, 0.15) is 93.1 Å². The number of phenolic OH excluding ortho intramolecular Hbond substituents is 1. The first-order chi connectivity index (χ1) is 30.2. The van der Waals surface area contributed by atoms with Gasteiger partial charge in [0.25, 0.3) is 0 Å². The van der Waals surface area contributed by atoms with Crippen LogP contribution in [0.15, 0.2) is 24.3 Å². The summed E-state index contributed by atoms with van der Waals surface area (Å²) in [5.41, 5.74) is 17.1. The van der Waals surface area contributed by atoms with Crippen molar-refractivity contribution in [3.63, 3.8) is 0 Å². The molecule has 0 aliphatic rings. The Bertz CT molecular complexity index is 1840. The normalized spacial score (nSPS) is 15.8. The molecule has 16 N–H and O–H groups in total. The minimum absolute atomic E-state index is 0.0104. The number of benzene rings is 1. The number of phenols is 1. The number of aromatic hydroxyl groups is 1. The van der Waals surface area contributed by atoms with E-state index in [0.29, 0.717) is 12.0 Å². The van der Waals surface area contributed by atoms with Gasteiger partial charge in [0.2, 0.25) is 53.2 Å². The van der Waals surface area contributed by atoms with E-state index < -0.39 is 132 Å². The molecule has 9 amide bonds. The number of amides is 9. The van der Waals surface area contributed by atoms with Crippen LogP contribution in [-0.4, -0.2) is 129 Å². The topological polar surface area (TPSA) is 394 Å². The Labute approximate surface area is 377 Å². The number of carboxylic acids is 1. The monoisotopic (exact) mass is 920 g/mol. The number of carbonyl (C=O) groups is 10. The zero-order chi connectivity index (χ0) is 49.9. The van der Waals surface area contributed by atoms with Gasteiger partial charge >= 0.3 is 5.97 Å². The maximum Gasteiger partial charge on any atom is 0.305 e. The molecule has 0 spiro atoms. The molecule has 65 heavy (non-hydrogen) atoms. The van der Waals surface area contributed by atoms with Crippen LogP contribution in [0.2, 0.25) is 0 Å². The Hall–Kier alpha value is -6.36. The molecule has 0 fully saturated rings. The molecule has 0 saturated heterocycles. The Balaban J connectivity index is 3.18. The zero-order valence-corrected chi connectivity index (χ0v) is 38.1. The highest BCUT2D eigenvalue weighted by Crippen LogP contribution is 2.13. The predicted octanol–water partition coefficient (Wildman–Crippen LogP) is -2.97. The first-order valence-corrected chi connectivity index (χ1v) is 21.3. The molecular weight excluding hydrogens is 853 g/mol. The van der Waals surface area contributed by atoms with Gasteiger partial charge in [-0.25, -0.2) is 0 Å². The highest BCUT2D eigenvalue weighted by Gasteiger charge is 2.36. The second-order valence-corrected chi connectivity index (χ2v) is 16.9. The number of nitrogens with two attached hydrogens (primary N) is 3. The largest absolute Gasteiger partial charge is 0.508 e. The Morgan fingerprint density at radius 3 is 1.60 bits per heavy atom. The Morgan fingerprint density at radius 2 is 1.11 bits per heavy atom. The molecule has 1 aromatic carbocycles. The number of primary amides is 2. The maximum atomic E-state index is 13.8. The number of aliphatic hydroxyl groups is 1. The summed E-state index contributed by atoms with van der Waals surface area (Å²) in [7, 11) is 0. The molecule has 0 radical (unpaired) electrons. The molecule has 364 valence electrons. The lowest BCUT2D eigenvalue weighted by molar-refractivity contribution is -0.142. The van der Waals surface area contributed by atoms with Gasteiger partial charge in [0.05, 0.1) is 18.6 Å². The lowest BCUT2D eigenvalue weighted by Gasteiger charge is -2.29. The number of hydrogen-bond acceptors (Lipinski definition) is 13. The Morgan fingerprint density at radius 1 is 0.615 bits per heavy atom. The van der Waals surface area contributed by atoms with Crippen molar-refractivity contribution in [2.75, 3.05) is 0 Å². The average molecular weight is 921 g/mol. The van der Waals surface area contributed by atoms with Crippen molar-refractivity contribution in [1.29, 1.82) is 0 Å². The molecule has 1 aromatic rings. The summed E-state index contributed by atoms with van der Waals surface area (Å²) in [6.45, 7) is 12.6. The highest BCUT2D eigenvalue weighted by molar-refractivity contribution is 5.98. The number of carboxylic acid groups (broad SMARTS) is 1. The number of aliphatic hydroxyl groups excluding tert-OH is 1. The zero-order valence-electron chi connectivity index (χ0n) is 38.1. The number of carbonyl (C=O) groups excluding carboxylic acids is 9. The van der Waals surface area contributed by atoms with Gasteiger partial charge < -0.3 is 69.7 Å². The summed E-state index contributed by atoms with van der Waals surface area (Å²) in [5, 5.41) is 46.6. The van der Waals surface area contributed by atoms with Crippen molar-refractivity contribution in [3.8, 4) is 5.75 Å². The molecule has 23 nitrogen and oxygen atoms in total. The van der Waals surface area contributed by atoms with E-state index in [2.05, 4.69) is 37.2 Å². The van der Waals surface area contributed by atoms with E-state index in [0.717, 1.165) is 0 Å². The van der Waals surface area contributed by atoms with E-state index >= 15 is 0 Å². The molecular formula is C42H68N10O13. The van der Waals surface area contributed by atoms with E-state index in [1.807, 2.05) is 0 Å². The van der Waals surface area contributed by atoms with Crippen molar-refractivity contribution in [2.24, 2.45) is 35.0 Å². The fourth-order valence-corrected chi connectivity index (χ4v) is 6.24. The van der Waals surface area contributed by atoms with Crippen LogP contribution in [-0.2, 0) is 54.4 Å². The maximum absolute atomic E-state index is 13.8. The second kappa shape index (κ2) is 27.1. The number of rotatable bonds is 28. The van der Waals surface area contributed by atoms with Crippen LogP contribution in [0, 0.1) is 17.8 Å². The van der Waals surface area contributed by atoms with Gasteiger partial charge in [-0.1, -0.05) is 60.1 Å². The van der Waals surface area contributed by atoms with Crippen LogP contribution in [0.3, 0.4) is 0 Å². The average Bonchev–Trinajstić information content (AvgIpc) is 3.20. The molecule has 1 rings (SSSR count). The molecule has 0 aromatic heterocycles. The summed E-state index contributed by atoms with van der Waals surface area (Å²) in [6.07, 6.45) is -2.58. The lowest BCUT2D eigenvalue weighted by atomic mass is 9.97. The van der Waals surface area contributed by atoms with Gasteiger partial charge in [0, 0.05) is 6.42 Å². The number of aliphatic carboxylic acids is 1. The smallest absolute Gasteiger partial charge is 0.305 e. The highest BCUT2D eigenvalue weighted by atomic mass is 16.4. The van der Waals surface area contributed by atoms with E-state index in [1.54, 1.807) is 41.5 Å². The van der Waals surface area contributed by atoms with E-state index in [-0.39, 0.29) is 37.4 Å². The third kappa shape index (κ3) is 19.9. The molecule has 0 aliphatic heterocycles. The summed E-state index contributed by atoms with van der Waals surface area (Å²) in [6, 6.07) is -5.33. The van der Waals surface area contributed by atoms with Gasteiger partial charge in [-0.05, 0) is 68.6 Å². The van der Waals surface area contributed by atoms with Gasteiger partial charge in [-0.15, -0.1) is 0 Å². The minimum Gasteiger partial charge on any atom is -0.508 e. The molecule has 0 aliphatic carbocycles. The summed E-state index contributed by atoms with van der Waals surface area (Å²) < 4.78 is 0. The van der Waals surface area contributed by atoms with Crippen LogP contribution < -0.4 is 54.4 Å². The molecule has 0 unspecified atom stereocenters.